The summed E-state index contributed by atoms with van der Waals surface area (Å²) in [5.74, 6) is 2.98. The first-order valence-electron chi connectivity index (χ1n) is 5.42. The molecule has 1 aromatic carbocycles. The van der Waals surface area contributed by atoms with E-state index in [0.717, 1.165) is 18.4 Å². The Bertz CT molecular complexity index is 498. The number of nitro benzene ring substituents is 1. The van der Waals surface area contributed by atoms with Crippen LogP contribution in [-0.2, 0) is 0 Å². The molecule has 0 amide bonds. The summed E-state index contributed by atoms with van der Waals surface area (Å²) in [5.41, 5.74) is 0.638. The topological polar surface area (TPSA) is 52.4 Å². The summed E-state index contributed by atoms with van der Waals surface area (Å²) in [5, 5.41) is 10.9. The third-order valence-electron chi connectivity index (χ3n) is 2.97. The van der Waals surface area contributed by atoms with Gasteiger partial charge < -0.3 is 4.74 Å². The number of rotatable bonds is 4. The van der Waals surface area contributed by atoms with Crippen LogP contribution in [0.3, 0.4) is 0 Å². The van der Waals surface area contributed by atoms with Crippen LogP contribution in [0.4, 0.5) is 5.69 Å². The van der Waals surface area contributed by atoms with Gasteiger partial charge >= 0.3 is 5.69 Å². The Morgan fingerprint density at radius 2 is 2.29 bits per heavy atom. The van der Waals surface area contributed by atoms with E-state index < -0.39 is 4.92 Å². The SMILES string of the molecule is C#CC1(COc2ccc(C)cc2[N+](=O)[O-])CC1. The maximum absolute atomic E-state index is 10.9. The normalized spacial score (nSPS) is 16.0. The van der Waals surface area contributed by atoms with Gasteiger partial charge in [-0.05, 0) is 31.4 Å². The van der Waals surface area contributed by atoms with E-state index in [1.807, 2.05) is 0 Å². The summed E-state index contributed by atoms with van der Waals surface area (Å²) in [7, 11) is 0. The van der Waals surface area contributed by atoms with Crippen LogP contribution >= 0.6 is 0 Å². The second-order valence-corrected chi connectivity index (χ2v) is 4.44. The zero-order valence-electron chi connectivity index (χ0n) is 9.60. The van der Waals surface area contributed by atoms with Gasteiger partial charge in [0.2, 0.25) is 0 Å². The molecule has 0 unspecified atom stereocenters. The maximum atomic E-state index is 10.9. The summed E-state index contributed by atoms with van der Waals surface area (Å²) in [4.78, 5) is 10.4. The van der Waals surface area contributed by atoms with Crippen LogP contribution in [0.25, 0.3) is 0 Å². The molecular weight excluding hydrogens is 218 g/mol. The lowest BCUT2D eigenvalue weighted by atomic mass is 10.1. The van der Waals surface area contributed by atoms with Crippen molar-refractivity contribution in [1.29, 1.82) is 0 Å². The van der Waals surface area contributed by atoms with Crippen molar-refractivity contribution in [3.63, 3.8) is 0 Å². The van der Waals surface area contributed by atoms with Crippen molar-refractivity contribution in [2.75, 3.05) is 6.61 Å². The van der Waals surface area contributed by atoms with Gasteiger partial charge in [0, 0.05) is 6.07 Å². The van der Waals surface area contributed by atoms with E-state index in [4.69, 9.17) is 11.2 Å². The molecular formula is C13H13NO3. The van der Waals surface area contributed by atoms with E-state index >= 15 is 0 Å². The molecule has 17 heavy (non-hydrogen) atoms. The molecule has 0 aliphatic heterocycles. The molecule has 1 fully saturated rings. The monoisotopic (exact) mass is 231 g/mol. The minimum Gasteiger partial charge on any atom is -0.485 e. The van der Waals surface area contributed by atoms with Gasteiger partial charge in [0.05, 0.1) is 10.3 Å². The average Bonchev–Trinajstić information content (AvgIpc) is 3.08. The smallest absolute Gasteiger partial charge is 0.311 e. The van der Waals surface area contributed by atoms with Crippen LogP contribution < -0.4 is 4.74 Å². The maximum Gasteiger partial charge on any atom is 0.311 e. The highest BCUT2D eigenvalue weighted by atomic mass is 16.6. The zero-order chi connectivity index (χ0) is 12.5. The average molecular weight is 231 g/mol. The van der Waals surface area contributed by atoms with Gasteiger partial charge in [0.25, 0.3) is 0 Å². The molecule has 1 aromatic rings. The zero-order valence-corrected chi connectivity index (χ0v) is 9.60. The lowest BCUT2D eigenvalue weighted by Crippen LogP contribution is -2.11. The second-order valence-electron chi connectivity index (χ2n) is 4.44. The first kappa shape index (κ1) is 11.5. The predicted octanol–water partition coefficient (Wildman–Crippen LogP) is 2.70. The molecule has 0 radical (unpaired) electrons. The summed E-state index contributed by atoms with van der Waals surface area (Å²) < 4.78 is 5.49. The van der Waals surface area contributed by atoms with Crippen LogP contribution in [-0.4, -0.2) is 11.5 Å². The molecule has 0 saturated heterocycles. The number of hydrogen-bond donors (Lipinski definition) is 0. The van der Waals surface area contributed by atoms with Crippen molar-refractivity contribution < 1.29 is 9.66 Å². The Morgan fingerprint density at radius 3 is 2.82 bits per heavy atom. The molecule has 0 heterocycles. The van der Waals surface area contributed by atoms with Gasteiger partial charge in [0.15, 0.2) is 5.75 Å². The predicted molar refractivity (Wildman–Crippen MR) is 63.8 cm³/mol. The number of aryl methyl sites for hydroxylation is 1. The van der Waals surface area contributed by atoms with Crippen LogP contribution in [0.5, 0.6) is 5.75 Å². The third-order valence-corrected chi connectivity index (χ3v) is 2.97. The molecule has 0 bridgehead atoms. The van der Waals surface area contributed by atoms with E-state index in [9.17, 15) is 10.1 Å². The minimum atomic E-state index is -0.433. The van der Waals surface area contributed by atoms with E-state index in [2.05, 4.69) is 5.92 Å². The quantitative estimate of drug-likeness (QED) is 0.455. The first-order valence-corrected chi connectivity index (χ1v) is 5.42. The van der Waals surface area contributed by atoms with Crippen LogP contribution in [0, 0.1) is 34.8 Å². The van der Waals surface area contributed by atoms with Crippen molar-refractivity contribution >= 4 is 5.69 Å². The Hall–Kier alpha value is -2.02. The molecule has 0 spiro atoms. The Labute approximate surface area is 99.7 Å². The molecule has 88 valence electrons. The number of hydrogen-bond acceptors (Lipinski definition) is 3. The van der Waals surface area contributed by atoms with Crippen molar-refractivity contribution in [2.45, 2.75) is 19.8 Å². The fourth-order valence-corrected chi connectivity index (χ4v) is 1.59. The Kier molecular flexibility index (Phi) is 2.76. The molecule has 0 atom stereocenters. The van der Waals surface area contributed by atoms with Crippen molar-refractivity contribution in [1.82, 2.24) is 0 Å². The first-order chi connectivity index (χ1) is 8.06. The van der Waals surface area contributed by atoms with Gasteiger partial charge in [-0.1, -0.05) is 12.0 Å². The van der Waals surface area contributed by atoms with E-state index in [1.54, 1.807) is 19.1 Å². The highest BCUT2D eigenvalue weighted by molar-refractivity contribution is 5.48. The Morgan fingerprint density at radius 1 is 1.59 bits per heavy atom. The third kappa shape index (κ3) is 2.39. The van der Waals surface area contributed by atoms with Crippen molar-refractivity contribution in [3.05, 3.63) is 33.9 Å². The molecule has 1 aliphatic carbocycles. The van der Waals surface area contributed by atoms with Crippen LogP contribution in [0.15, 0.2) is 18.2 Å². The summed E-state index contributed by atoms with van der Waals surface area (Å²) >= 11 is 0. The van der Waals surface area contributed by atoms with Gasteiger partial charge in [-0.3, -0.25) is 10.1 Å². The molecule has 4 nitrogen and oxygen atoms in total. The summed E-state index contributed by atoms with van der Waals surface area (Å²) in [6.45, 7) is 2.16. The van der Waals surface area contributed by atoms with Crippen LogP contribution in [0.2, 0.25) is 0 Å². The number of ether oxygens (including phenoxy) is 1. The molecule has 0 N–H and O–H groups in total. The van der Waals surface area contributed by atoms with Gasteiger partial charge in [-0.2, -0.15) is 0 Å². The standard InChI is InChI=1S/C13H13NO3/c1-3-13(6-7-13)9-17-12-5-4-10(2)8-11(12)14(15)16/h1,4-5,8H,6-7,9H2,2H3. The lowest BCUT2D eigenvalue weighted by Gasteiger charge is -2.10. The minimum absolute atomic E-state index is 0.00202. The molecule has 0 aromatic heterocycles. The second kappa shape index (κ2) is 4.10. The fourth-order valence-electron chi connectivity index (χ4n) is 1.59. The highest BCUT2D eigenvalue weighted by Crippen LogP contribution is 2.45. The van der Waals surface area contributed by atoms with Gasteiger partial charge in [-0.25, -0.2) is 0 Å². The fraction of sp³-hybridized carbons (Fsp3) is 0.385. The lowest BCUT2D eigenvalue weighted by molar-refractivity contribution is -0.386. The highest BCUT2D eigenvalue weighted by Gasteiger charge is 2.42. The van der Waals surface area contributed by atoms with E-state index in [1.165, 1.54) is 6.07 Å². The summed E-state index contributed by atoms with van der Waals surface area (Å²) in [6.07, 6.45) is 7.26. The molecule has 1 saturated carbocycles. The largest absolute Gasteiger partial charge is 0.485 e. The van der Waals surface area contributed by atoms with Crippen LogP contribution in [0.1, 0.15) is 18.4 Å². The van der Waals surface area contributed by atoms with Crippen molar-refractivity contribution in [3.8, 4) is 18.1 Å². The molecule has 2 rings (SSSR count). The number of nitro groups is 1. The number of benzene rings is 1. The van der Waals surface area contributed by atoms with E-state index in [-0.39, 0.29) is 11.1 Å². The van der Waals surface area contributed by atoms with Crippen molar-refractivity contribution in [2.24, 2.45) is 5.41 Å². The van der Waals surface area contributed by atoms with Gasteiger partial charge in [-0.15, -0.1) is 6.42 Å². The van der Waals surface area contributed by atoms with Gasteiger partial charge in [0.1, 0.15) is 6.61 Å². The van der Waals surface area contributed by atoms with E-state index in [0.29, 0.717) is 12.4 Å². The summed E-state index contributed by atoms with van der Waals surface area (Å²) in [6, 6.07) is 4.92. The number of terminal acetylenes is 1. The Balaban J connectivity index is 2.16. The number of nitrogens with zero attached hydrogens (tertiary/aromatic N) is 1. The molecule has 1 aliphatic rings. The molecule has 4 heteroatoms.